The first kappa shape index (κ1) is 15.7. The van der Waals surface area contributed by atoms with Crippen molar-refractivity contribution >= 4 is 12.0 Å². The highest BCUT2D eigenvalue weighted by molar-refractivity contribution is 5.79. The third-order valence-electron chi connectivity index (χ3n) is 3.47. The summed E-state index contributed by atoms with van der Waals surface area (Å²) in [4.78, 5) is 24.8. The molecule has 0 aliphatic carbocycles. The minimum atomic E-state index is -1.11. The number of aliphatic carboxylic acids is 1. The predicted octanol–water partition coefficient (Wildman–Crippen LogP) is -0.112. The number of aliphatic hydroxyl groups is 1. The molecule has 0 aromatic rings. The number of urea groups is 1. The maximum atomic E-state index is 12.1. The van der Waals surface area contributed by atoms with Gasteiger partial charge < -0.3 is 25.2 Å². The number of ether oxygens (including phenoxy) is 1. The first-order chi connectivity index (χ1) is 8.82. The summed E-state index contributed by atoms with van der Waals surface area (Å²) in [5.74, 6) is -0.992. The third kappa shape index (κ3) is 3.36. The number of carbonyl (C=O) groups is 2. The van der Waals surface area contributed by atoms with Crippen molar-refractivity contribution in [1.29, 1.82) is 0 Å². The van der Waals surface area contributed by atoms with Crippen molar-refractivity contribution < 1.29 is 24.5 Å². The van der Waals surface area contributed by atoms with E-state index in [1.54, 1.807) is 6.92 Å². The van der Waals surface area contributed by atoms with Gasteiger partial charge in [0.05, 0.1) is 25.9 Å². The molecule has 0 bridgehead atoms. The van der Waals surface area contributed by atoms with Crippen LogP contribution in [0.3, 0.4) is 0 Å². The fourth-order valence-corrected chi connectivity index (χ4v) is 2.02. The summed E-state index contributed by atoms with van der Waals surface area (Å²) >= 11 is 0. The topological polar surface area (TPSA) is 99.1 Å². The summed E-state index contributed by atoms with van der Waals surface area (Å²) in [6.45, 7) is 5.55. The first-order valence-corrected chi connectivity index (χ1v) is 6.32. The van der Waals surface area contributed by atoms with E-state index in [0.717, 1.165) is 0 Å². The van der Waals surface area contributed by atoms with E-state index in [2.05, 4.69) is 5.32 Å². The number of carboxylic acid groups (broad SMARTS) is 1. The van der Waals surface area contributed by atoms with Crippen molar-refractivity contribution in [2.24, 2.45) is 5.41 Å². The van der Waals surface area contributed by atoms with Crippen molar-refractivity contribution in [3.8, 4) is 0 Å². The van der Waals surface area contributed by atoms with Crippen LogP contribution < -0.4 is 5.32 Å². The smallest absolute Gasteiger partial charge is 0.318 e. The Kier molecular flexibility index (Phi) is 5.13. The van der Waals surface area contributed by atoms with Gasteiger partial charge in [0.1, 0.15) is 5.41 Å². The van der Waals surface area contributed by atoms with Crippen LogP contribution in [0.4, 0.5) is 4.79 Å². The van der Waals surface area contributed by atoms with Gasteiger partial charge in [-0.3, -0.25) is 4.79 Å². The van der Waals surface area contributed by atoms with E-state index in [9.17, 15) is 14.7 Å². The Morgan fingerprint density at radius 3 is 2.63 bits per heavy atom. The Hall–Kier alpha value is -1.34. The molecule has 1 saturated heterocycles. The monoisotopic (exact) mass is 274 g/mol. The molecule has 0 saturated carbocycles. The van der Waals surface area contributed by atoms with Crippen molar-refractivity contribution in [3.05, 3.63) is 0 Å². The number of carbonyl (C=O) groups excluding carboxylic acids is 1. The third-order valence-corrected chi connectivity index (χ3v) is 3.47. The fraction of sp³-hybridized carbons (Fsp3) is 0.833. The number of nitrogens with one attached hydrogen (secondary N) is 1. The SMILES string of the molecule is CC(C)N(CCO)C(=O)NC1COCC1(C)C(=O)O. The van der Waals surface area contributed by atoms with Gasteiger partial charge in [0.25, 0.3) is 0 Å². The van der Waals surface area contributed by atoms with Crippen LogP contribution in [-0.4, -0.2) is 65.6 Å². The van der Waals surface area contributed by atoms with Crippen LogP contribution in [0.5, 0.6) is 0 Å². The van der Waals surface area contributed by atoms with E-state index >= 15 is 0 Å². The first-order valence-electron chi connectivity index (χ1n) is 6.32. The maximum Gasteiger partial charge on any atom is 0.318 e. The Morgan fingerprint density at radius 1 is 1.53 bits per heavy atom. The van der Waals surface area contributed by atoms with Crippen LogP contribution in [0.2, 0.25) is 0 Å². The minimum absolute atomic E-state index is 0.0782. The summed E-state index contributed by atoms with van der Waals surface area (Å²) in [5, 5.41) is 20.9. The number of hydrogen-bond donors (Lipinski definition) is 3. The molecule has 3 N–H and O–H groups in total. The van der Waals surface area contributed by atoms with Crippen molar-refractivity contribution in [3.63, 3.8) is 0 Å². The highest BCUT2D eigenvalue weighted by atomic mass is 16.5. The number of carboxylic acids is 1. The van der Waals surface area contributed by atoms with Gasteiger partial charge in [-0.1, -0.05) is 0 Å². The van der Waals surface area contributed by atoms with Gasteiger partial charge in [0.15, 0.2) is 0 Å². The zero-order valence-electron chi connectivity index (χ0n) is 11.5. The zero-order valence-corrected chi connectivity index (χ0v) is 11.5. The van der Waals surface area contributed by atoms with Gasteiger partial charge in [-0.15, -0.1) is 0 Å². The molecule has 2 amide bonds. The second kappa shape index (κ2) is 6.21. The van der Waals surface area contributed by atoms with Crippen LogP contribution in [0.25, 0.3) is 0 Å². The summed E-state index contributed by atoms with van der Waals surface area (Å²) in [6.07, 6.45) is 0. The lowest BCUT2D eigenvalue weighted by atomic mass is 9.85. The summed E-state index contributed by atoms with van der Waals surface area (Å²) in [5.41, 5.74) is -1.11. The minimum Gasteiger partial charge on any atom is -0.481 e. The second-order valence-corrected chi connectivity index (χ2v) is 5.25. The van der Waals surface area contributed by atoms with Crippen LogP contribution >= 0.6 is 0 Å². The molecule has 0 radical (unpaired) electrons. The molecular formula is C12H22N2O5. The maximum absolute atomic E-state index is 12.1. The van der Waals surface area contributed by atoms with E-state index in [1.807, 2.05) is 13.8 Å². The highest BCUT2D eigenvalue weighted by Gasteiger charge is 2.47. The van der Waals surface area contributed by atoms with Crippen LogP contribution in [0.1, 0.15) is 20.8 Å². The van der Waals surface area contributed by atoms with E-state index < -0.39 is 17.4 Å². The number of rotatable bonds is 5. The molecular weight excluding hydrogens is 252 g/mol. The van der Waals surface area contributed by atoms with E-state index in [1.165, 1.54) is 4.90 Å². The lowest BCUT2D eigenvalue weighted by molar-refractivity contribution is -0.148. The van der Waals surface area contributed by atoms with Crippen molar-refractivity contribution in [1.82, 2.24) is 10.2 Å². The quantitative estimate of drug-likeness (QED) is 0.649. The molecule has 0 spiro atoms. The Balaban J connectivity index is 2.72. The van der Waals surface area contributed by atoms with Gasteiger partial charge in [-0.25, -0.2) is 4.79 Å². The normalized spacial score (nSPS) is 26.5. The molecule has 1 fully saturated rings. The standard InChI is InChI=1S/C12H22N2O5/c1-8(2)14(4-5-15)11(18)13-9-6-19-7-12(9,3)10(16)17/h8-9,15H,4-7H2,1-3H3,(H,13,18)(H,16,17). The molecule has 0 aromatic carbocycles. The molecule has 2 unspecified atom stereocenters. The summed E-state index contributed by atoms with van der Waals surface area (Å²) in [7, 11) is 0. The van der Waals surface area contributed by atoms with Crippen molar-refractivity contribution in [2.45, 2.75) is 32.9 Å². The molecule has 1 aliphatic heterocycles. The Morgan fingerprint density at radius 2 is 2.16 bits per heavy atom. The summed E-state index contributed by atoms with van der Waals surface area (Å²) < 4.78 is 5.17. The fourth-order valence-electron chi connectivity index (χ4n) is 2.02. The van der Waals surface area contributed by atoms with Gasteiger partial charge in [0.2, 0.25) is 0 Å². The molecule has 1 heterocycles. The zero-order chi connectivity index (χ0) is 14.6. The average Bonchev–Trinajstić information content (AvgIpc) is 2.68. The van der Waals surface area contributed by atoms with Crippen LogP contribution in [0.15, 0.2) is 0 Å². The Labute approximate surface area is 112 Å². The molecule has 0 aromatic heterocycles. The van der Waals surface area contributed by atoms with Gasteiger partial charge in [-0.2, -0.15) is 0 Å². The number of hydrogen-bond acceptors (Lipinski definition) is 4. The largest absolute Gasteiger partial charge is 0.481 e. The second-order valence-electron chi connectivity index (χ2n) is 5.25. The van der Waals surface area contributed by atoms with Crippen LogP contribution in [-0.2, 0) is 9.53 Å². The van der Waals surface area contributed by atoms with Gasteiger partial charge >= 0.3 is 12.0 Å². The van der Waals surface area contributed by atoms with Crippen LogP contribution in [0, 0.1) is 5.41 Å². The summed E-state index contributed by atoms with van der Waals surface area (Å²) in [6, 6.07) is -1.03. The molecule has 110 valence electrons. The molecule has 1 aliphatic rings. The lowest BCUT2D eigenvalue weighted by Crippen LogP contribution is -2.55. The average molecular weight is 274 g/mol. The molecule has 7 nitrogen and oxygen atoms in total. The Bertz CT molecular complexity index is 347. The number of amides is 2. The molecule has 2 atom stereocenters. The predicted molar refractivity (Wildman–Crippen MR) is 67.8 cm³/mol. The molecule has 1 rings (SSSR count). The van der Waals surface area contributed by atoms with Gasteiger partial charge in [0, 0.05) is 12.6 Å². The molecule has 7 heteroatoms. The molecule has 19 heavy (non-hydrogen) atoms. The van der Waals surface area contributed by atoms with E-state index in [0.29, 0.717) is 0 Å². The van der Waals surface area contributed by atoms with E-state index in [-0.39, 0.29) is 38.4 Å². The number of nitrogens with zero attached hydrogens (tertiary/aromatic N) is 1. The lowest BCUT2D eigenvalue weighted by Gasteiger charge is -2.31. The number of aliphatic hydroxyl groups excluding tert-OH is 1. The van der Waals surface area contributed by atoms with E-state index in [4.69, 9.17) is 9.84 Å². The highest BCUT2D eigenvalue weighted by Crippen LogP contribution is 2.28. The van der Waals surface area contributed by atoms with Crippen molar-refractivity contribution in [2.75, 3.05) is 26.4 Å². The van der Waals surface area contributed by atoms with Gasteiger partial charge in [-0.05, 0) is 20.8 Å².